The predicted molar refractivity (Wildman–Crippen MR) is 80.8 cm³/mol. The second-order valence-electron chi connectivity index (χ2n) is 4.44. The summed E-state index contributed by atoms with van der Waals surface area (Å²) < 4.78 is 0. The van der Waals surface area contributed by atoms with Crippen molar-refractivity contribution in [2.75, 3.05) is 7.05 Å². The fourth-order valence-electron chi connectivity index (χ4n) is 2.14. The molecule has 1 aromatic carbocycles. The van der Waals surface area contributed by atoms with Crippen LogP contribution in [-0.4, -0.2) is 7.05 Å². The van der Waals surface area contributed by atoms with E-state index in [4.69, 9.17) is 11.6 Å². The molecule has 1 nitrogen and oxygen atoms in total. The van der Waals surface area contributed by atoms with Gasteiger partial charge in [0.1, 0.15) is 0 Å². The van der Waals surface area contributed by atoms with Crippen molar-refractivity contribution in [3.8, 4) is 0 Å². The van der Waals surface area contributed by atoms with Crippen molar-refractivity contribution < 1.29 is 0 Å². The minimum Gasteiger partial charge on any atom is -0.309 e. The molecule has 1 unspecified atom stereocenters. The molecule has 0 aliphatic heterocycles. The molecule has 0 aliphatic rings. The van der Waals surface area contributed by atoms with Crippen LogP contribution in [-0.2, 0) is 6.42 Å². The van der Waals surface area contributed by atoms with Crippen molar-refractivity contribution in [1.29, 1.82) is 0 Å². The first-order valence-corrected chi connectivity index (χ1v) is 7.36. The van der Waals surface area contributed by atoms with Gasteiger partial charge in [-0.3, -0.25) is 0 Å². The number of hydrogen-bond acceptors (Lipinski definition) is 2. The summed E-state index contributed by atoms with van der Waals surface area (Å²) in [6.45, 7) is 4.27. The van der Waals surface area contributed by atoms with E-state index in [1.165, 1.54) is 20.9 Å². The Hall–Kier alpha value is -0.830. The van der Waals surface area contributed by atoms with E-state index >= 15 is 0 Å². The summed E-state index contributed by atoms with van der Waals surface area (Å²) in [7, 11) is 1.99. The fraction of sp³-hybridized carbons (Fsp3) is 0.333. The maximum absolute atomic E-state index is 6.15. The Labute approximate surface area is 118 Å². The van der Waals surface area contributed by atoms with Gasteiger partial charge < -0.3 is 5.32 Å². The highest BCUT2D eigenvalue weighted by atomic mass is 35.5. The molecular weight excluding hydrogens is 262 g/mol. The van der Waals surface area contributed by atoms with Gasteiger partial charge in [0.25, 0.3) is 0 Å². The summed E-state index contributed by atoms with van der Waals surface area (Å²) in [6, 6.07) is 10.9. The minimum absolute atomic E-state index is 0.229. The monoisotopic (exact) mass is 279 g/mol. The number of aryl methyl sites for hydroxylation is 2. The van der Waals surface area contributed by atoms with Crippen LogP contribution in [0.5, 0.6) is 0 Å². The van der Waals surface area contributed by atoms with E-state index in [-0.39, 0.29) is 6.04 Å². The van der Waals surface area contributed by atoms with Crippen LogP contribution >= 0.6 is 22.9 Å². The second-order valence-corrected chi connectivity index (χ2v) is 6.08. The van der Waals surface area contributed by atoms with Gasteiger partial charge in [-0.05, 0) is 55.8 Å². The Bertz CT molecular complexity index is 513. The number of benzene rings is 1. The van der Waals surface area contributed by atoms with Crippen LogP contribution in [0.15, 0.2) is 30.3 Å². The number of hydrogen-bond donors (Lipinski definition) is 1. The number of thiophene rings is 1. The minimum atomic E-state index is 0.229. The van der Waals surface area contributed by atoms with Gasteiger partial charge in [-0.25, -0.2) is 0 Å². The highest BCUT2D eigenvalue weighted by Crippen LogP contribution is 2.30. The lowest BCUT2D eigenvalue weighted by Gasteiger charge is -2.16. The Morgan fingerprint density at radius 2 is 2.06 bits per heavy atom. The zero-order valence-electron chi connectivity index (χ0n) is 11.0. The molecule has 0 saturated carbocycles. The van der Waals surface area contributed by atoms with Crippen molar-refractivity contribution in [2.24, 2.45) is 0 Å². The molecular formula is C15H18ClNS. The normalized spacial score (nSPS) is 12.7. The Morgan fingerprint density at radius 3 is 2.61 bits per heavy atom. The third-order valence-electron chi connectivity index (χ3n) is 3.00. The summed E-state index contributed by atoms with van der Waals surface area (Å²) in [5.41, 5.74) is 2.43. The number of nitrogens with one attached hydrogen (secondary N) is 1. The van der Waals surface area contributed by atoms with Crippen molar-refractivity contribution in [2.45, 2.75) is 26.3 Å². The second kappa shape index (κ2) is 5.87. The van der Waals surface area contributed by atoms with Crippen LogP contribution in [0.4, 0.5) is 0 Å². The largest absolute Gasteiger partial charge is 0.309 e. The van der Waals surface area contributed by atoms with E-state index in [1.807, 2.05) is 30.5 Å². The number of halogens is 1. The molecule has 1 atom stereocenters. The Balaban J connectivity index is 2.38. The quantitative estimate of drug-likeness (QED) is 0.864. The molecule has 0 spiro atoms. The first-order chi connectivity index (χ1) is 8.63. The molecule has 2 rings (SSSR count). The molecule has 18 heavy (non-hydrogen) atoms. The van der Waals surface area contributed by atoms with Crippen LogP contribution in [0, 0.1) is 6.92 Å². The van der Waals surface area contributed by atoms with Gasteiger partial charge in [-0.1, -0.05) is 24.6 Å². The molecule has 2 aromatic rings. The maximum Gasteiger partial charge on any atom is 0.0669 e. The maximum atomic E-state index is 6.15. The zero-order chi connectivity index (χ0) is 13.1. The lowest BCUT2D eigenvalue weighted by Crippen LogP contribution is -2.16. The standard InChI is InChI=1S/C15H18ClNS/c1-4-13-5-6-14(18-13)15(17-3)11-7-10(2)8-12(16)9-11/h5-9,15,17H,4H2,1-3H3. The van der Waals surface area contributed by atoms with E-state index in [0.29, 0.717) is 0 Å². The van der Waals surface area contributed by atoms with Crippen LogP contribution in [0.1, 0.15) is 33.8 Å². The van der Waals surface area contributed by atoms with Crippen molar-refractivity contribution in [3.05, 3.63) is 56.2 Å². The highest BCUT2D eigenvalue weighted by molar-refractivity contribution is 7.12. The van der Waals surface area contributed by atoms with E-state index in [9.17, 15) is 0 Å². The van der Waals surface area contributed by atoms with Gasteiger partial charge in [-0.15, -0.1) is 11.3 Å². The first kappa shape index (κ1) is 13.6. The Morgan fingerprint density at radius 1 is 1.28 bits per heavy atom. The van der Waals surface area contributed by atoms with Crippen LogP contribution in [0.3, 0.4) is 0 Å². The van der Waals surface area contributed by atoms with Crippen LogP contribution in [0.25, 0.3) is 0 Å². The topological polar surface area (TPSA) is 12.0 Å². The summed E-state index contributed by atoms with van der Waals surface area (Å²) in [6.07, 6.45) is 1.09. The molecule has 0 amide bonds. The number of rotatable bonds is 4. The molecule has 0 fully saturated rings. The molecule has 0 aliphatic carbocycles. The van der Waals surface area contributed by atoms with Gasteiger partial charge in [-0.2, -0.15) is 0 Å². The summed E-state index contributed by atoms with van der Waals surface area (Å²) in [5, 5.41) is 4.18. The van der Waals surface area contributed by atoms with Crippen molar-refractivity contribution >= 4 is 22.9 Å². The van der Waals surface area contributed by atoms with E-state index < -0.39 is 0 Å². The van der Waals surface area contributed by atoms with Gasteiger partial charge >= 0.3 is 0 Å². The SMILES string of the molecule is CCc1ccc(C(NC)c2cc(C)cc(Cl)c2)s1. The van der Waals surface area contributed by atoms with E-state index in [0.717, 1.165) is 11.4 Å². The molecule has 1 heterocycles. The van der Waals surface area contributed by atoms with Gasteiger partial charge in [0, 0.05) is 14.8 Å². The molecule has 0 radical (unpaired) electrons. The lowest BCUT2D eigenvalue weighted by molar-refractivity contribution is 0.703. The smallest absolute Gasteiger partial charge is 0.0669 e. The first-order valence-electron chi connectivity index (χ1n) is 6.17. The summed E-state index contributed by atoms with van der Waals surface area (Å²) in [5.74, 6) is 0. The zero-order valence-corrected chi connectivity index (χ0v) is 12.5. The average Bonchev–Trinajstić information content (AvgIpc) is 2.77. The molecule has 0 saturated heterocycles. The molecule has 1 aromatic heterocycles. The third kappa shape index (κ3) is 2.94. The van der Waals surface area contributed by atoms with Gasteiger partial charge in [0.05, 0.1) is 6.04 Å². The fourth-order valence-corrected chi connectivity index (χ4v) is 3.53. The molecule has 96 valence electrons. The average molecular weight is 280 g/mol. The van der Waals surface area contributed by atoms with E-state index in [1.54, 1.807) is 0 Å². The van der Waals surface area contributed by atoms with Crippen molar-refractivity contribution in [3.63, 3.8) is 0 Å². The predicted octanol–water partition coefficient (Wildman–Crippen LogP) is 4.58. The van der Waals surface area contributed by atoms with Crippen LogP contribution < -0.4 is 5.32 Å². The van der Waals surface area contributed by atoms with Gasteiger partial charge in [0.15, 0.2) is 0 Å². The van der Waals surface area contributed by atoms with Gasteiger partial charge in [0.2, 0.25) is 0 Å². The Kier molecular flexibility index (Phi) is 4.44. The lowest BCUT2D eigenvalue weighted by atomic mass is 10.0. The third-order valence-corrected chi connectivity index (χ3v) is 4.51. The summed E-state index contributed by atoms with van der Waals surface area (Å²) >= 11 is 8.01. The molecule has 0 bridgehead atoms. The summed E-state index contributed by atoms with van der Waals surface area (Å²) in [4.78, 5) is 2.76. The molecule has 3 heteroatoms. The van der Waals surface area contributed by atoms with E-state index in [2.05, 4.69) is 37.4 Å². The molecule has 1 N–H and O–H groups in total. The van der Waals surface area contributed by atoms with Crippen molar-refractivity contribution in [1.82, 2.24) is 5.32 Å². The van der Waals surface area contributed by atoms with Crippen LogP contribution in [0.2, 0.25) is 5.02 Å². The highest BCUT2D eigenvalue weighted by Gasteiger charge is 2.14.